The van der Waals surface area contributed by atoms with Crippen molar-refractivity contribution in [2.24, 2.45) is 5.92 Å². The fourth-order valence-corrected chi connectivity index (χ4v) is 4.27. The van der Waals surface area contributed by atoms with Gasteiger partial charge in [0.05, 0.1) is 18.1 Å². The third-order valence-electron chi connectivity index (χ3n) is 5.65. The molecule has 1 aliphatic heterocycles. The number of hydrogen-bond acceptors (Lipinski definition) is 4. The Morgan fingerprint density at radius 2 is 2.11 bits per heavy atom. The van der Waals surface area contributed by atoms with Crippen LogP contribution in [0.5, 0.6) is 0 Å². The van der Waals surface area contributed by atoms with Crippen molar-refractivity contribution in [2.75, 3.05) is 10.2 Å². The molecule has 6 heteroatoms. The van der Waals surface area contributed by atoms with Crippen LogP contribution in [-0.2, 0) is 16.0 Å². The van der Waals surface area contributed by atoms with Crippen LogP contribution in [0.3, 0.4) is 0 Å². The molecule has 1 atom stereocenters. The molecule has 2 aliphatic rings. The number of aromatic nitrogens is 1. The highest BCUT2D eigenvalue weighted by Gasteiger charge is 2.38. The predicted molar refractivity (Wildman–Crippen MR) is 106 cm³/mol. The largest absolute Gasteiger partial charge is 0.309 e. The minimum absolute atomic E-state index is 0.0933. The van der Waals surface area contributed by atoms with Crippen molar-refractivity contribution >= 4 is 23.3 Å². The van der Waals surface area contributed by atoms with Gasteiger partial charge in [0, 0.05) is 11.9 Å². The van der Waals surface area contributed by atoms with E-state index in [1.54, 1.807) is 35.4 Å². The summed E-state index contributed by atoms with van der Waals surface area (Å²) < 4.78 is 0. The summed E-state index contributed by atoms with van der Waals surface area (Å²) in [5, 5.41) is 12.1. The first-order valence-corrected chi connectivity index (χ1v) is 9.72. The molecule has 1 aromatic heterocycles. The molecule has 1 unspecified atom stereocenters. The van der Waals surface area contributed by atoms with Gasteiger partial charge in [0.1, 0.15) is 11.9 Å². The van der Waals surface area contributed by atoms with E-state index in [1.165, 1.54) is 12.8 Å². The molecule has 0 radical (unpaired) electrons. The van der Waals surface area contributed by atoms with Crippen molar-refractivity contribution in [2.45, 2.75) is 44.6 Å². The maximum absolute atomic E-state index is 13.2. The minimum Gasteiger partial charge on any atom is -0.309 e. The summed E-state index contributed by atoms with van der Waals surface area (Å²) >= 11 is 0. The lowest BCUT2D eigenvalue weighted by molar-refractivity contribution is -0.123. The Morgan fingerprint density at radius 3 is 2.82 bits per heavy atom. The monoisotopic (exact) mass is 374 g/mol. The third-order valence-corrected chi connectivity index (χ3v) is 5.65. The molecule has 2 heterocycles. The number of fused-ring (bicyclic) bond motifs is 1. The molecule has 4 rings (SSSR count). The van der Waals surface area contributed by atoms with Crippen LogP contribution < -0.4 is 10.2 Å². The van der Waals surface area contributed by atoms with Crippen molar-refractivity contribution < 1.29 is 9.59 Å². The Morgan fingerprint density at radius 1 is 1.29 bits per heavy atom. The Kier molecular flexibility index (Phi) is 5.07. The Bertz CT molecular complexity index is 929. The summed E-state index contributed by atoms with van der Waals surface area (Å²) in [6, 6.07) is 12.1. The summed E-state index contributed by atoms with van der Waals surface area (Å²) in [6.45, 7) is 0. The zero-order valence-corrected chi connectivity index (χ0v) is 15.6. The minimum atomic E-state index is -0.604. The number of amides is 2. The molecule has 2 aromatic rings. The van der Waals surface area contributed by atoms with Crippen LogP contribution in [0.4, 0.5) is 11.5 Å². The van der Waals surface area contributed by atoms with Gasteiger partial charge < -0.3 is 5.32 Å². The molecule has 1 aliphatic carbocycles. The number of rotatable bonds is 5. The fourth-order valence-electron chi connectivity index (χ4n) is 4.27. The maximum Gasteiger partial charge on any atom is 0.248 e. The molecule has 142 valence electrons. The molecule has 1 N–H and O–H groups in total. The third kappa shape index (κ3) is 3.61. The first kappa shape index (κ1) is 18.2. The van der Waals surface area contributed by atoms with Crippen LogP contribution >= 0.6 is 0 Å². The number of nitrogens with one attached hydrogen (secondary N) is 1. The van der Waals surface area contributed by atoms with E-state index in [4.69, 9.17) is 0 Å². The van der Waals surface area contributed by atoms with Gasteiger partial charge in [-0.05, 0) is 42.2 Å². The predicted octanol–water partition coefficient (Wildman–Crippen LogP) is 3.43. The van der Waals surface area contributed by atoms with Crippen LogP contribution in [0.2, 0.25) is 0 Å². The van der Waals surface area contributed by atoms with Gasteiger partial charge in [0.15, 0.2) is 0 Å². The Hall–Kier alpha value is -3.20. The lowest BCUT2D eigenvalue weighted by atomic mass is 9.96. The topological polar surface area (TPSA) is 86.1 Å². The van der Waals surface area contributed by atoms with Crippen molar-refractivity contribution in [1.82, 2.24) is 4.98 Å². The second-order valence-corrected chi connectivity index (χ2v) is 7.50. The SMILES string of the molecule is N#Cc1ccc2c(c1)N(C(CC1CCCC1)C(=O)Nc1ccccn1)C(=O)C2. The van der Waals surface area contributed by atoms with E-state index in [-0.39, 0.29) is 18.2 Å². The normalized spacial score (nSPS) is 17.2. The zero-order valence-electron chi connectivity index (χ0n) is 15.6. The summed E-state index contributed by atoms with van der Waals surface area (Å²) in [4.78, 5) is 31.8. The zero-order chi connectivity index (χ0) is 19.5. The standard InChI is InChI=1S/C22H22N4O2/c23-14-16-8-9-17-13-21(27)26(18(17)12-16)19(11-15-5-1-2-6-15)22(28)25-20-7-3-4-10-24-20/h3-4,7-10,12,15,19H,1-2,5-6,11,13H2,(H,24,25,28). The quantitative estimate of drug-likeness (QED) is 0.869. The summed E-state index contributed by atoms with van der Waals surface area (Å²) in [6.07, 6.45) is 7.02. The van der Waals surface area contributed by atoms with E-state index in [0.717, 1.165) is 18.4 Å². The second-order valence-electron chi connectivity index (χ2n) is 7.50. The number of nitrogens with zero attached hydrogens (tertiary/aromatic N) is 3. The Balaban J connectivity index is 1.66. The fraction of sp³-hybridized carbons (Fsp3) is 0.364. The number of nitriles is 1. The van der Waals surface area contributed by atoms with E-state index in [1.807, 2.05) is 12.1 Å². The average Bonchev–Trinajstić information content (AvgIpc) is 3.33. The van der Waals surface area contributed by atoms with Gasteiger partial charge >= 0.3 is 0 Å². The lowest BCUT2D eigenvalue weighted by Gasteiger charge is -2.29. The van der Waals surface area contributed by atoms with E-state index < -0.39 is 6.04 Å². The van der Waals surface area contributed by atoms with E-state index in [9.17, 15) is 14.9 Å². The van der Waals surface area contributed by atoms with E-state index in [0.29, 0.717) is 29.4 Å². The van der Waals surface area contributed by atoms with E-state index in [2.05, 4.69) is 16.4 Å². The highest BCUT2D eigenvalue weighted by molar-refractivity contribution is 6.09. The van der Waals surface area contributed by atoms with Crippen LogP contribution in [0, 0.1) is 17.2 Å². The molecule has 1 saturated carbocycles. The van der Waals surface area contributed by atoms with Crippen molar-refractivity contribution in [3.05, 3.63) is 53.7 Å². The molecule has 0 bridgehead atoms. The van der Waals surface area contributed by atoms with Crippen molar-refractivity contribution in [3.8, 4) is 6.07 Å². The van der Waals surface area contributed by atoms with Crippen molar-refractivity contribution in [3.63, 3.8) is 0 Å². The molecule has 2 amide bonds. The molecule has 0 saturated heterocycles. The highest BCUT2D eigenvalue weighted by atomic mass is 16.2. The molecule has 1 fully saturated rings. The summed E-state index contributed by atoms with van der Waals surface area (Å²) in [5.41, 5.74) is 2.04. The molecule has 28 heavy (non-hydrogen) atoms. The van der Waals surface area contributed by atoms with Crippen LogP contribution in [0.1, 0.15) is 43.2 Å². The van der Waals surface area contributed by atoms with E-state index >= 15 is 0 Å². The number of carbonyl (C=O) groups is 2. The van der Waals surface area contributed by atoms with Crippen LogP contribution in [0.25, 0.3) is 0 Å². The van der Waals surface area contributed by atoms with Gasteiger partial charge in [0.2, 0.25) is 11.8 Å². The number of carbonyl (C=O) groups excluding carboxylic acids is 2. The smallest absolute Gasteiger partial charge is 0.248 e. The molecule has 0 spiro atoms. The molecular weight excluding hydrogens is 352 g/mol. The van der Waals surface area contributed by atoms with Gasteiger partial charge in [-0.3, -0.25) is 14.5 Å². The summed E-state index contributed by atoms with van der Waals surface area (Å²) in [5.74, 6) is 0.579. The molecule has 6 nitrogen and oxygen atoms in total. The summed E-state index contributed by atoms with van der Waals surface area (Å²) in [7, 11) is 0. The number of anilines is 2. The number of pyridine rings is 1. The van der Waals surface area contributed by atoms with Gasteiger partial charge in [-0.25, -0.2) is 4.98 Å². The number of hydrogen-bond donors (Lipinski definition) is 1. The first-order chi connectivity index (χ1) is 13.7. The van der Waals surface area contributed by atoms with Crippen LogP contribution in [0.15, 0.2) is 42.6 Å². The Labute approximate surface area is 164 Å². The highest BCUT2D eigenvalue weighted by Crippen LogP contribution is 2.36. The van der Waals surface area contributed by atoms with Gasteiger partial charge in [0.25, 0.3) is 0 Å². The van der Waals surface area contributed by atoms with Gasteiger partial charge in [-0.15, -0.1) is 0 Å². The average molecular weight is 374 g/mol. The molecule has 1 aromatic carbocycles. The maximum atomic E-state index is 13.2. The second kappa shape index (κ2) is 7.81. The van der Waals surface area contributed by atoms with Crippen LogP contribution in [-0.4, -0.2) is 22.8 Å². The first-order valence-electron chi connectivity index (χ1n) is 9.72. The number of benzene rings is 1. The van der Waals surface area contributed by atoms with Crippen molar-refractivity contribution in [1.29, 1.82) is 5.26 Å². The van der Waals surface area contributed by atoms with Gasteiger partial charge in [-0.1, -0.05) is 37.8 Å². The molecular formula is C22H22N4O2. The van der Waals surface area contributed by atoms with Gasteiger partial charge in [-0.2, -0.15) is 5.26 Å². The lowest BCUT2D eigenvalue weighted by Crippen LogP contribution is -2.47.